The van der Waals surface area contributed by atoms with Crippen LogP contribution in [0, 0.1) is 6.92 Å². The van der Waals surface area contributed by atoms with Crippen molar-refractivity contribution in [3.8, 4) is 11.1 Å². The molecule has 2 N–H and O–H groups in total. The van der Waals surface area contributed by atoms with Gasteiger partial charge in [-0.15, -0.1) is 0 Å². The fraction of sp³-hybridized carbons (Fsp3) is 0.0556. The van der Waals surface area contributed by atoms with Gasteiger partial charge < -0.3 is 14.6 Å². The normalized spacial score (nSPS) is 11.3. The van der Waals surface area contributed by atoms with Crippen LogP contribution in [0.3, 0.4) is 0 Å². The van der Waals surface area contributed by atoms with Gasteiger partial charge in [-0.1, -0.05) is 30.3 Å². The summed E-state index contributed by atoms with van der Waals surface area (Å²) in [5.74, 6) is 0. The van der Waals surface area contributed by atoms with Crippen LogP contribution < -0.4 is 11.4 Å². The molecule has 0 aliphatic rings. The lowest BCUT2D eigenvalue weighted by molar-refractivity contribution is 0.561. The number of nitrogen functional groups attached to an aromatic ring is 1. The summed E-state index contributed by atoms with van der Waals surface area (Å²) < 4.78 is 10.9. The molecule has 0 aliphatic carbocycles. The Balaban J connectivity index is 2.10. The lowest BCUT2D eigenvalue weighted by Crippen LogP contribution is -2.08. The summed E-state index contributed by atoms with van der Waals surface area (Å²) in [5.41, 5.74) is 9.39. The molecule has 108 valence electrons. The largest absolute Gasteiger partial charge is 0.464 e. The first-order valence-electron chi connectivity index (χ1n) is 6.94. The second-order valence-electron chi connectivity index (χ2n) is 5.29. The average molecular weight is 291 g/mol. The van der Waals surface area contributed by atoms with Gasteiger partial charge in [0.2, 0.25) is 0 Å². The molecule has 0 amide bonds. The van der Waals surface area contributed by atoms with Gasteiger partial charge in [-0.2, -0.15) is 0 Å². The van der Waals surface area contributed by atoms with E-state index in [0.29, 0.717) is 11.2 Å². The van der Waals surface area contributed by atoms with Crippen LogP contribution >= 0.6 is 0 Å². The quantitative estimate of drug-likeness (QED) is 0.536. The zero-order chi connectivity index (χ0) is 15.3. The molecule has 2 aromatic carbocycles. The molecular formula is C18H13NO3. The minimum Gasteiger partial charge on any atom is -0.464 e. The standard InChI is InChI=1S/C18H13NO3/c1-10-12-7-13-14(11-5-3-2-4-6-11)9-21-15(13)8-16(12)22-18(20)17(10)19/h2-9H,19H2,1H3. The van der Waals surface area contributed by atoms with Gasteiger partial charge in [0, 0.05) is 22.4 Å². The van der Waals surface area contributed by atoms with Gasteiger partial charge in [0.05, 0.1) is 6.26 Å². The first-order valence-corrected chi connectivity index (χ1v) is 6.94. The van der Waals surface area contributed by atoms with Gasteiger partial charge in [-0.3, -0.25) is 0 Å². The number of nitrogens with two attached hydrogens (primary N) is 1. The third-order valence-corrected chi connectivity index (χ3v) is 3.99. The van der Waals surface area contributed by atoms with Crippen molar-refractivity contribution < 1.29 is 8.83 Å². The van der Waals surface area contributed by atoms with E-state index in [0.717, 1.165) is 27.5 Å². The fourth-order valence-corrected chi connectivity index (χ4v) is 2.73. The molecular weight excluding hydrogens is 278 g/mol. The number of aryl methyl sites for hydroxylation is 1. The van der Waals surface area contributed by atoms with E-state index in [1.54, 1.807) is 12.3 Å². The molecule has 2 heterocycles. The summed E-state index contributed by atoms with van der Waals surface area (Å²) in [4.78, 5) is 11.7. The van der Waals surface area contributed by atoms with E-state index in [9.17, 15) is 4.79 Å². The highest BCUT2D eigenvalue weighted by Crippen LogP contribution is 2.34. The Morgan fingerprint density at radius 1 is 1.00 bits per heavy atom. The second kappa shape index (κ2) is 4.49. The number of rotatable bonds is 1. The third kappa shape index (κ3) is 1.74. The van der Waals surface area contributed by atoms with Gasteiger partial charge in [0.25, 0.3) is 0 Å². The predicted molar refractivity (Wildman–Crippen MR) is 86.8 cm³/mol. The van der Waals surface area contributed by atoms with Crippen molar-refractivity contribution in [3.05, 3.63) is 64.7 Å². The molecule has 0 bridgehead atoms. The Hall–Kier alpha value is -3.01. The maximum atomic E-state index is 11.7. The minimum absolute atomic E-state index is 0.150. The predicted octanol–water partition coefficient (Wildman–Crippen LogP) is 4.10. The molecule has 4 aromatic rings. The zero-order valence-corrected chi connectivity index (χ0v) is 11.9. The first kappa shape index (κ1) is 12.7. The number of fused-ring (bicyclic) bond motifs is 2. The lowest BCUT2D eigenvalue weighted by atomic mass is 10.0. The molecule has 0 unspecified atom stereocenters. The zero-order valence-electron chi connectivity index (χ0n) is 11.9. The molecule has 22 heavy (non-hydrogen) atoms. The Morgan fingerprint density at radius 3 is 2.55 bits per heavy atom. The van der Waals surface area contributed by atoms with Crippen LogP contribution in [0.25, 0.3) is 33.1 Å². The molecule has 2 aromatic heterocycles. The Labute approximate surface area is 125 Å². The van der Waals surface area contributed by atoms with Crippen LogP contribution in [-0.2, 0) is 0 Å². The highest BCUT2D eigenvalue weighted by molar-refractivity contribution is 6.02. The van der Waals surface area contributed by atoms with E-state index in [2.05, 4.69) is 0 Å². The Bertz CT molecular complexity index is 1060. The summed E-state index contributed by atoms with van der Waals surface area (Å²) in [6.07, 6.45) is 1.72. The molecule has 0 saturated carbocycles. The van der Waals surface area contributed by atoms with Gasteiger partial charge >= 0.3 is 5.63 Å². The molecule has 4 rings (SSSR count). The fourth-order valence-electron chi connectivity index (χ4n) is 2.73. The lowest BCUT2D eigenvalue weighted by Gasteiger charge is -2.04. The summed E-state index contributed by atoms with van der Waals surface area (Å²) in [7, 11) is 0. The molecule has 0 saturated heterocycles. The van der Waals surface area contributed by atoms with Gasteiger partial charge in [0.15, 0.2) is 0 Å². The minimum atomic E-state index is -0.515. The summed E-state index contributed by atoms with van der Waals surface area (Å²) in [6.45, 7) is 1.82. The van der Waals surface area contributed by atoms with Gasteiger partial charge in [-0.05, 0) is 24.1 Å². The van der Waals surface area contributed by atoms with Crippen molar-refractivity contribution >= 4 is 27.6 Å². The van der Waals surface area contributed by atoms with E-state index >= 15 is 0 Å². The molecule has 4 heteroatoms. The monoisotopic (exact) mass is 291 g/mol. The molecule has 0 fully saturated rings. The van der Waals surface area contributed by atoms with E-state index in [1.165, 1.54) is 0 Å². The van der Waals surface area contributed by atoms with Crippen molar-refractivity contribution in [1.82, 2.24) is 0 Å². The average Bonchev–Trinajstić information content (AvgIpc) is 2.95. The Morgan fingerprint density at radius 2 is 1.77 bits per heavy atom. The first-order chi connectivity index (χ1) is 10.6. The molecule has 4 nitrogen and oxygen atoms in total. The third-order valence-electron chi connectivity index (χ3n) is 3.99. The maximum absolute atomic E-state index is 11.7. The Kier molecular flexibility index (Phi) is 2.60. The van der Waals surface area contributed by atoms with Gasteiger partial charge in [-0.25, -0.2) is 4.79 Å². The van der Waals surface area contributed by atoms with E-state index in [4.69, 9.17) is 14.6 Å². The van der Waals surface area contributed by atoms with Crippen molar-refractivity contribution in [1.29, 1.82) is 0 Å². The van der Waals surface area contributed by atoms with E-state index < -0.39 is 5.63 Å². The topological polar surface area (TPSA) is 69.4 Å². The number of hydrogen-bond acceptors (Lipinski definition) is 4. The van der Waals surface area contributed by atoms with E-state index in [-0.39, 0.29) is 5.69 Å². The summed E-state index contributed by atoms with van der Waals surface area (Å²) in [6, 6.07) is 13.7. The highest BCUT2D eigenvalue weighted by atomic mass is 16.4. The van der Waals surface area contributed by atoms with Crippen molar-refractivity contribution in [2.45, 2.75) is 6.92 Å². The molecule has 0 spiro atoms. The van der Waals surface area contributed by atoms with Gasteiger partial charge in [0.1, 0.15) is 16.9 Å². The SMILES string of the molecule is Cc1c(N)c(=O)oc2cc3occ(-c4ccccc4)c3cc12. The van der Waals surface area contributed by atoms with Crippen LogP contribution in [0.5, 0.6) is 0 Å². The smallest absolute Gasteiger partial charge is 0.359 e. The summed E-state index contributed by atoms with van der Waals surface area (Å²) >= 11 is 0. The number of anilines is 1. The van der Waals surface area contributed by atoms with Crippen LogP contribution in [0.1, 0.15) is 5.56 Å². The van der Waals surface area contributed by atoms with Crippen molar-refractivity contribution in [2.24, 2.45) is 0 Å². The number of hydrogen-bond donors (Lipinski definition) is 1. The second-order valence-corrected chi connectivity index (χ2v) is 5.29. The number of benzene rings is 2. The number of furan rings is 1. The van der Waals surface area contributed by atoms with Crippen molar-refractivity contribution in [3.63, 3.8) is 0 Å². The van der Waals surface area contributed by atoms with Crippen LogP contribution in [0.15, 0.2) is 62.4 Å². The molecule has 0 aliphatic heterocycles. The summed E-state index contributed by atoms with van der Waals surface area (Å²) in [5, 5.41) is 1.79. The van der Waals surface area contributed by atoms with Crippen molar-refractivity contribution in [2.75, 3.05) is 5.73 Å². The van der Waals surface area contributed by atoms with E-state index in [1.807, 2.05) is 43.3 Å². The highest BCUT2D eigenvalue weighted by Gasteiger charge is 2.14. The maximum Gasteiger partial charge on any atom is 0.359 e. The van der Waals surface area contributed by atoms with Crippen LogP contribution in [-0.4, -0.2) is 0 Å². The molecule has 0 radical (unpaired) electrons. The molecule has 0 atom stereocenters. The van der Waals surface area contributed by atoms with Crippen LogP contribution in [0.2, 0.25) is 0 Å². The van der Waals surface area contributed by atoms with Crippen LogP contribution in [0.4, 0.5) is 5.69 Å².